The number of hydrogen-bond donors (Lipinski definition) is 1. The minimum Gasteiger partial charge on any atom is -0.464 e. The molecule has 0 atom stereocenters. The molecule has 22 heavy (non-hydrogen) atoms. The van der Waals surface area contributed by atoms with E-state index in [1.165, 1.54) is 7.11 Å². The van der Waals surface area contributed by atoms with Gasteiger partial charge in [0.2, 0.25) is 0 Å². The number of nitrogens with one attached hydrogen (secondary N) is 1. The van der Waals surface area contributed by atoms with Crippen LogP contribution in [0.3, 0.4) is 0 Å². The summed E-state index contributed by atoms with van der Waals surface area (Å²) in [6, 6.07) is 16.3. The van der Waals surface area contributed by atoms with E-state index >= 15 is 0 Å². The first-order valence-corrected chi connectivity index (χ1v) is 6.83. The Morgan fingerprint density at radius 3 is 2.23 bits per heavy atom. The second-order valence-electron chi connectivity index (χ2n) is 4.78. The molecular formula is C18H17NO3. The van der Waals surface area contributed by atoms with Gasteiger partial charge in [-0.1, -0.05) is 48.0 Å². The number of rotatable bonds is 4. The minimum atomic E-state index is -0.593. The summed E-state index contributed by atoms with van der Waals surface area (Å²) in [5.74, 6) is -0.950. The molecule has 0 saturated carbocycles. The second kappa shape index (κ2) is 7.22. The van der Waals surface area contributed by atoms with Crippen LogP contribution in [0.4, 0.5) is 0 Å². The van der Waals surface area contributed by atoms with Crippen molar-refractivity contribution in [2.45, 2.75) is 6.92 Å². The molecule has 2 aromatic carbocycles. The number of methoxy groups -OCH3 is 1. The molecule has 1 N–H and O–H groups in total. The van der Waals surface area contributed by atoms with Crippen LogP contribution in [0.15, 0.2) is 60.3 Å². The summed E-state index contributed by atoms with van der Waals surface area (Å²) in [5.41, 5.74) is 2.49. The van der Waals surface area contributed by atoms with Crippen molar-refractivity contribution in [3.8, 4) is 0 Å². The van der Waals surface area contributed by atoms with Gasteiger partial charge in [-0.3, -0.25) is 4.79 Å². The summed E-state index contributed by atoms with van der Waals surface area (Å²) >= 11 is 0. The predicted molar refractivity (Wildman–Crippen MR) is 85.1 cm³/mol. The van der Waals surface area contributed by atoms with E-state index in [0.29, 0.717) is 5.56 Å². The number of aryl methyl sites for hydroxylation is 1. The average molecular weight is 295 g/mol. The zero-order valence-electron chi connectivity index (χ0n) is 12.5. The molecule has 0 heterocycles. The highest BCUT2D eigenvalue weighted by Gasteiger charge is 2.14. The maximum absolute atomic E-state index is 12.2. The number of ether oxygens (including phenoxy) is 1. The van der Waals surface area contributed by atoms with Gasteiger partial charge in [0.25, 0.3) is 5.91 Å². The van der Waals surface area contributed by atoms with Gasteiger partial charge < -0.3 is 10.1 Å². The van der Waals surface area contributed by atoms with Crippen molar-refractivity contribution in [1.82, 2.24) is 5.32 Å². The third-order valence-electron chi connectivity index (χ3n) is 3.08. The molecule has 2 aromatic rings. The van der Waals surface area contributed by atoms with E-state index in [4.69, 9.17) is 4.74 Å². The summed E-state index contributed by atoms with van der Waals surface area (Å²) in [5, 5.41) is 2.59. The molecule has 4 heteroatoms. The third kappa shape index (κ3) is 4.06. The van der Waals surface area contributed by atoms with Crippen LogP contribution in [-0.4, -0.2) is 19.0 Å². The number of carbonyl (C=O) groups excluding carboxylic acids is 2. The fraction of sp³-hybridized carbons (Fsp3) is 0.111. The van der Waals surface area contributed by atoms with Gasteiger partial charge in [0.05, 0.1) is 7.11 Å². The normalized spacial score (nSPS) is 10.9. The van der Waals surface area contributed by atoms with Crippen molar-refractivity contribution in [2.24, 2.45) is 0 Å². The van der Waals surface area contributed by atoms with E-state index < -0.39 is 5.97 Å². The van der Waals surface area contributed by atoms with Crippen LogP contribution >= 0.6 is 0 Å². The number of carbonyl (C=O) groups is 2. The van der Waals surface area contributed by atoms with E-state index in [1.807, 2.05) is 37.3 Å². The van der Waals surface area contributed by atoms with Crippen molar-refractivity contribution in [1.29, 1.82) is 0 Å². The van der Waals surface area contributed by atoms with Gasteiger partial charge in [-0.05, 0) is 30.7 Å². The van der Waals surface area contributed by atoms with Crippen LogP contribution in [0.25, 0.3) is 6.08 Å². The van der Waals surface area contributed by atoms with Gasteiger partial charge >= 0.3 is 5.97 Å². The molecule has 2 rings (SSSR count). The minimum absolute atomic E-state index is 0.0974. The summed E-state index contributed by atoms with van der Waals surface area (Å²) in [7, 11) is 1.28. The molecule has 0 aromatic heterocycles. The number of esters is 1. The summed E-state index contributed by atoms with van der Waals surface area (Å²) in [6.45, 7) is 1.98. The SMILES string of the molecule is COC(=O)/C(=C\c1ccc(C)cc1)NC(=O)c1ccccc1. The highest BCUT2D eigenvalue weighted by molar-refractivity contribution is 6.03. The monoisotopic (exact) mass is 295 g/mol. The topological polar surface area (TPSA) is 55.4 Å². The second-order valence-corrected chi connectivity index (χ2v) is 4.78. The molecule has 0 aliphatic carbocycles. The lowest BCUT2D eigenvalue weighted by molar-refractivity contribution is -0.136. The molecule has 0 fully saturated rings. The van der Waals surface area contributed by atoms with Crippen LogP contribution in [0.5, 0.6) is 0 Å². The molecule has 0 unspecified atom stereocenters. The Bertz CT molecular complexity index is 688. The zero-order valence-corrected chi connectivity index (χ0v) is 12.5. The van der Waals surface area contributed by atoms with E-state index in [1.54, 1.807) is 30.3 Å². The Kier molecular flexibility index (Phi) is 5.09. The van der Waals surface area contributed by atoms with Gasteiger partial charge in [0.15, 0.2) is 0 Å². The molecule has 0 aliphatic rings. The van der Waals surface area contributed by atoms with Crippen molar-refractivity contribution in [3.05, 3.63) is 77.0 Å². The molecule has 0 saturated heterocycles. The summed E-state index contributed by atoms with van der Waals surface area (Å²) in [4.78, 5) is 24.0. The van der Waals surface area contributed by atoms with Crippen LogP contribution in [0.2, 0.25) is 0 Å². The standard InChI is InChI=1S/C18H17NO3/c1-13-8-10-14(11-9-13)12-16(18(21)22-2)19-17(20)15-6-4-3-5-7-15/h3-12H,1-2H3,(H,19,20)/b16-12+. The zero-order chi connectivity index (χ0) is 15.9. The quantitative estimate of drug-likeness (QED) is 0.697. The summed E-state index contributed by atoms with van der Waals surface area (Å²) < 4.78 is 4.72. The largest absolute Gasteiger partial charge is 0.464 e. The molecule has 0 spiro atoms. The smallest absolute Gasteiger partial charge is 0.354 e. The first-order valence-electron chi connectivity index (χ1n) is 6.83. The molecule has 0 radical (unpaired) electrons. The van der Waals surface area contributed by atoms with Crippen LogP contribution < -0.4 is 5.32 Å². The third-order valence-corrected chi connectivity index (χ3v) is 3.08. The van der Waals surface area contributed by atoms with Crippen molar-refractivity contribution >= 4 is 18.0 Å². The fourth-order valence-electron chi connectivity index (χ4n) is 1.87. The van der Waals surface area contributed by atoms with E-state index in [0.717, 1.165) is 11.1 Å². The van der Waals surface area contributed by atoms with Gasteiger partial charge in [-0.15, -0.1) is 0 Å². The van der Waals surface area contributed by atoms with Gasteiger partial charge in [0, 0.05) is 5.56 Å². The lowest BCUT2D eigenvalue weighted by Crippen LogP contribution is -2.28. The number of amides is 1. The van der Waals surface area contributed by atoms with Crippen molar-refractivity contribution in [3.63, 3.8) is 0 Å². The summed E-state index contributed by atoms with van der Waals surface area (Å²) in [6.07, 6.45) is 1.59. The highest BCUT2D eigenvalue weighted by atomic mass is 16.5. The Morgan fingerprint density at radius 2 is 1.64 bits per heavy atom. The highest BCUT2D eigenvalue weighted by Crippen LogP contribution is 2.09. The first kappa shape index (κ1) is 15.5. The molecule has 1 amide bonds. The van der Waals surface area contributed by atoms with E-state index in [2.05, 4.69) is 5.32 Å². The molecule has 4 nitrogen and oxygen atoms in total. The van der Waals surface area contributed by atoms with Gasteiger partial charge in [-0.25, -0.2) is 4.79 Å². The fourth-order valence-corrected chi connectivity index (χ4v) is 1.87. The van der Waals surface area contributed by atoms with Crippen LogP contribution in [0, 0.1) is 6.92 Å². The maximum atomic E-state index is 12.2. The average Bonchev–Trinajstić information content (AvgIpc) is 2.56. The maximum Gasteiger partial charge on any atom is 0.354 e. The van der Waals surface area contributed by atoms with Crippen LogP contribution in [-0.2, 0) is 9.53 Å². The molecule has 112 valence electrons. The van der Waals surface area contributed by atoms with Gasteiger partial charge in [0.1, 0.15) is 5.70 Å². The molecule has 0 aliphatic heterocycles. The van der Waals surface area contributed by atoms with Gasteiger partial charge in [-0.2, -0.15) is 0 Å². The number of benzene rings is 2. The molecular weight excluding hydrogens is 278 g/mol. The first-order chi connectivity index (χ1) is 10.6. The Morgan fingerprint density at radius 1 is 1.00 bits per heavy atom. The van der Waals surface area contributed by atoms with Crippen molar-refractivity contribution in [2.75, 3.05) is 7.11 Å². The van der Waals surface area contributed by atoms with E-state index in [9.17, 15) is 9.59 Å². The van der Waals surface area contributed by atoms with Crippen LogP contribution in [0.1, 0.15) is 21.5 Å². The number of hydrogen-bond acceptors (Lipinski definition) is 3. The molecule has 0 bridgehead atoms. The lowest BCUT2D eigenvalue weighted by Gasteiger charge is -2.08. The Hall–Kier alpha value is -2.88. The Balaban J connectivity index is 2.25. The Labute approximate surface area is 129 Å². The van der Waals surface area contributed by atoms with Crippen molar-refractivity contribution < 1.29 is 14.3 Å². The van der Waals surface area contributed by atoms with E-state index in [-0.39, 0.29) is 11.6 Å². The predicted octanol–water partition coefficient (Wildman–Crippen LogP) is 2.94. The lowest BCUT2D eigenvalue weighted by atomic mass is 10.1.